The molecule has 6 heteroatoms. The van der Waals surface area contributed by atoms with Crippen molar-refractivity contribution in [2.24, 2.45) is 0 Å². The van der Waals surface area contributed by atoms with Crippen LogP contribution < -0.4 is 0 Å². The average Bonchev–Trinajstić information content (AvgIpc) is 2.92. The number of benzene rings is 2. The molecular formula is C16H10BrFN2O2. The normalized spacial score (nSPS) is 10.6. The predicted octanol–water partition coefficient (Wildman–Crippen LogP) is 4.14. The van der Waals surface area contributed by atoms with E-state index in [1.165, 1.54) is 24.5 Å². The third-order valence-corrected chi connectivity index (χ3v) is 3.65. The summed E-state index contributed by atoms with van der Waals surface area (Å²) in [6.45, 7) is 0. The van der Waals surface area contributed by atoms with Crippen molar-refractivity contribution in [2.75, 3.05) is 0 Å². The first-order valence-electron chi connectivity index (χ1n) is 6.39. The third-order valence-electron chi connectivity index (χ3n) is 3.15. The van der Waals surface area contributed by atoms with Gasteiger partial charge in [-0.1, -0.05) is 34.1 Å². The van der Waals surface area contributed by atoms with Crippen LogP contribution in [0.2, 0.25) is 0 Å². The molecule has 0 saturated heterocycles. The number of carbonyl (C=O) groups is 1. The molecule has 0 saturated carbocycles. The van der Waals surface area contributed by atoms with Gasteiger partial charge in [-0.2, -0.15) is 0 Å². The maximum atomic E-state index is 13.5. The summed E-state index contributed by atoms with van der Waals surface area (Å²) in [7, 11) is 0. The lowest BCUT2D eigenvalue weighted by Crippen LogP contribution is -2.02. The first-order valence-corrected chi connectivity index (χ1v) is 7.18. The Hall–Kier alpha value is -2.47. The number of aromatic nitrogens is 2. The topological polar surface area (TPSA) is 55.1 Å². The lowest BCUT2D eigenvalue weighted by Gasteiger charge is -2.10. The molecule has 0 aliphatic carbocycles. The van der Waals surface area contributed by atoms with E-state index in [1.807, 2.05) is 24.3 Å². The van der Waals surface area contributed by atoms with Crippen molar-refractivity contribution >= 4 is 21.9 Å². The fourth-order valence-corrected chi connectivity index (χ4v) is 2.63. The molecule has 1 heterocycles. The number of halogens is 2. The van der Waals surface area contributed by atoms with Gasteiger partial charge in [-0.15, -0.1) is 0 Å². The van der Waals surface area contributed by atoms with Crippen LogP contribution in [-0.2, 0) is 0 Å². The van der Waals surface area contributed by atoms with E-state index >= 15 is 0 Å². The van der Waals surface area contributed by atoms with E-state index in [0.717, 1.165) is 10.2 Å². The van der Waals surface area contributed by atoms with Gasteiger partial charge < -0.3 is 5.11 Å². The number of rotatable bonds is 3. The molecule has 0 unspecified atom stereocenters. The molecule has 0 spiro atoms. The summed E-state index contributed by atoms with van der Waals surface area (Å²) in [4.78, 5) is 15.4. The van der Waals surface area contributed by atoms with Crippen LogP contribution >= 0.6 is 15.9 Å². The van der Waals surface area contributed by atoms with Crippen LogP contribution in [0.1, 0.15) is 10.5 Å². The van der Waals surface area contributed by atoms with Crippen molar-refractivity contribution in [3.8, 4) is 16.9 Å². The third kappa shape index (κ3) is 2.65. The van der Waals surface area contributed by atoms with Gasteiger partial charge in [-0.05, 0) is 30.3 Å². The molecule has 110 valence electrons. The van der Waals surface area contributed by atoms with Crippen molar-refractivity contribution in [2.45, 2.75) is 0 Å². The summed E-state index contributed by atoms with van der Waals surface area (Å²) in [6.07, 6.45) is 1.42. The quantitative estimate of drug-likeness (QED) is 0.763. The van der Waals surface area contributed by atoms with Crippen molar-refractivity contribution in [1.29, 1.82) is 0 Å². The zero-order valence-corrected chi connectivity index (χ0v) is 12.8. The number of hydrogen-bond acceptors (Lipinski definition) is 2. The van der Waals surface area contributed by atoms with Crippen LogP contribution in [-0.4, -0.2) is 20.6 Å². The monoisotopic (exact) mass is 360 g/mol. The molecule has 1 aromatic heterocycles. The fraction of sp³-hybridized carbons (Fsp3) is 0. The molecule has 0 aliphatic heterocycles. The second-order valence-corrected chi connectivity index (χ2v) is 5.52. The van der Waals surface area contributed by atoms with Gasteiger partial charge in [0, 0.05) is 15.7 Å². The molecule has 3 aromatic rings. The maximum Gasteiger partial charge on any atom is 0.356 e. The number of nitrogens with zero attached hydrogens (tertiary/aromatic N) is 2. The van der Waals surface area contributed by atoms with Gasteiger partial charge in [0.2, 0.25) is 0 Å². The van der Waals surface area contributed by atoms with E-state index in [4.69, 9.17) is 0 Å². The Balaban J connectivity index is 2.26. The molecule has 0 atom stereocenters. The molecule has 0 radical (unpaired) electrons. The number of aromatic carboxylic acids is 1. The summed E-state index contributed by atoms with van der Waals surface area (Å²) < 4.78 is 16.0. The van der Waals surface area contributed by atoms with Gasteiger partial charge in [0.25, 0.3) is 0 Å². The number of imidazole rings is 1. The molecule has 0 aliphatic rings. The predicted molar refractivity (Wildman–Crippen MR) is 83.6 cm³/mol. The fourth-order valence-electron chi connectivity index (χ4n) is 2.24. The maximum absolute atomic E-state index is 13.5. The molecule has 0 fully saturated rings. The summed E-state index contributed by atoms with van der Waals surface area (Å²) in [5.41, 5.74) is 1.40. The van der Waals surface area contributed by atoms with Crippen molar-refractivity contribution in [3.05, 3.63) is 70.8 Å². The van der Waals surface area contributed by atoms with Gasteiger partial charge in [-0.3, -0.25) is 4.57 Å². The van der Waals surface area contributed by atoms with Crippen LogP contribution in [0, 0.1) is 5.82 Å². The highest BCUT2D eigenvalue weighted by atomic mass is 79.9. The second-order valence-electron chi connectivity index (χ2n) is 4.61. The van der Waals surface area contributed by atoms with E-state index < -0.39 is 11.8 Å². The smallest absolute Gasteiger partial charge is 0.356 e. The Morgan fingerprint density at radius 2 is 1.95 bits per heavy atom. The SMILES string of the molecule is O=C(O)c1ncn(-c2cccc(Br)c2)c1-c1cccc(F)c1. The Morgan fingerprint density at radius 1 is 1.18 bits per heavy atom. The average molecular weight is 361 g/mol. The van der Waals surface area contributed by atoms with Crippen molar-refractivity contribution < 1.29 is 14.3 Å². The Bertz CT molecular complexity index is 861. The van der Waals surface area contributed by atoms with Crippen LogP contribution in [0.15, 0.2) is 59.3 Å². The van der Waals surface area contributed by atoms with Crippen LogP contribution in [0.25, 0.3) is 16.9 Å². The molecular weight excluding hydrogens is 351 g/mol. The van der Waals surface area contributed by atoms with Crippen LogP contribution in [0.5, 0.6) is 0 Å². The van der Waals surface area contributed by atoms with Gasteiger partial charge in [0.05, 0.1) is 5.69 Å². The van der Waals surface area contributed by atoms with Gasteiger partial charge in [-0.25, -0.2) is 14.2 Å². The Kier molecular flexibility index (Phi) is 3.77. The highest BCUT2D eigenvalue weighted by Gasteiger charge is 2.20. The minimum atomic E-state index is -1.16. The Morgan fingerprint density at radius 3 is 2.64 bits per heavy atom. The van der Waals surface area contributed by atoms with E-state index in [2.05, 4.69) is 20.9 Å². The standard InChI is InChI=1S/C16H10BrFN2O2/c17-11-4-2-6-13(8-11)20-9-19-14(16(21)22)15(20)10-3-1-5-12(18)7-10/h1-9H,(H,21,22). The molecule has 3 rings (SSSR count). The molecule has 4 nitrogen and oxygen atoms in total. The first kappa shape index (κ1) is 14.5. The molecule has 2 aromatic carbocycles. The van der Waals surface area contributed by atoms with E-state index in [1.54, 1.807) is 10.6 Å². The number of carboxylic acids is 1. The minimum Gasteiger partial charge on any atom is -0.476 e. The summed E-state index contributed by atoms with van der Waals surface area (Å²) in [6, 6.07) is 13.1. The van der Waals surface area contributed by atoms with E-state index in [9.17, 15) is 14.3 Å². The van der Waals surface area contributed by atoms with Gasteiger partial charge in [0.1, 0.15) is 12.1 Å². The molecule has 1 N–H and O–H groups in total. The van der Waals surface area contributed by atoms with Gasteiger partial charge in [0.15, 0.2) is 5.69 Å². The summed E-state index contributed by atoms with van der Waals surface area (Å²) in [5, 5.41) is 9.33. The second kappa shape index (κ2) is 5.73. The minimum absolute atomic E-state index is 0.120. The lowest BCUT2D eigenvalue weighted by molar-refractivity contribution is 0.0692. The van der Waals surface area contributed by atoms with Crippen molar-refractivity contribution in [1.82, 2.24) is 9.55 Å². The van der Waals surface area contributed by atoms with E-state index in [0.29, 0.717) is 11.3 Å². The Labute approximate surface area is 134 Å². The van der Waals surface area contributed by atoms with Crippen molar-refractivity contribution in [3.63, 3.8) is 0 Å². The van der Waals surface area contributed by atoms with E-state index in [-0.39, 0.29) is 5.69 Å². The summed E-state index contributed by atoms with van der Waals surface area (Å²) in [5.74, 6) is -1.59. The zero-order chi connectivity index (χ0) is 15.7. The van der Waals surface area contributed by atoms with Gasteiger partial charge >= 0.3 is 5.97 Å². The molecule has 0 amide bonds. The number of carboxylic acid groups (broad SMARTS) is 1. The zero-order valence-electron chi connectivity index (χ0n) is 11.2. The molecule has 0 bridgehead atoms. The molecule has 22 heavy (non-hydrogen) atoms. The number of hydrogen-bond donors (Lipinski definition) is 1. The highest BCUT2D eigenvalue weighted by molar-refractivity contribution is 9.10. The lowest BCUT2D eigenvalue weighted by atomic mass is 10.1. The summed E-state index contributed by atoms with van der Waals surface area (Å²) >= 11 is 3.38. The highest BCUT2D eigenvalue weighted by Crippen LogP contribution is 2.28. The van der Waals surface area contributed by atoms with Crippen LogP contribution in [0.4, 0.5) is 4.39 Å². The largest absolute Gasteiger partial charge is 0.476 e. The first-order chi connectivity index (χ1) is 10.6. The van der Waals surface area contributed by atoms with Crippen LogP contribution in [0.3, 0.4) is 0 Å².